The minimum absolute atomic E-state index is 0.667. The molecule has 7 aromatic carbocycles. The normalized spacial score (nSPS) is 11.6. The van der Waals surface area contributed by atoms with Crippen LogP contribution in [0.3, 0.4) is 0 Å². The van der Waals surface area contributed by atoms with Gasteiger partial charge in [-0.05, 0) is 64.7 Å². The lowest BCUT2D eigenvalue weighted by Crippen LogP contribution is -1.97. The van der Waals surface area contributed by atoms with E-state index >= 15 is 0 Å². The zero-order chi connectivity index (χ0) is 37.0. The van der Waals surface area contributed by atoms with E-state index in [9.17, 15) is 0 Å². The number of thiophene rings is 1. The summed E-state index contributed by atoms with van der Waals surface area (Å²) < 4.78 is 9.30. The van der Waals surface area contributed by atoms with Crippen LogP contribution in [-0.2, 0) is 0 Å². The fourth-order valence-electron chi connectivity index (χ4n) is 7.93. The predicted molar refractivity (Wildman–Crippen MR) is 233 cm³/mol. The number of hydrogen-bond donors (Lipinski definition) is 0. The fourth-order valence-corrected chi connectivity index (χ4v) is 9.02. The molecule has 0 aliphatic heterocycles. The van der Waals surface area contributed by atoms with Crippen LogP contribution in [0.15, 0.2) is 193 Å². The van der Waals surface area contributed by atoms with Gasteiger partial charge >= 0.3 is 0 Å². The van der Waals surface area contributed by atoms with E-state index in [1.807, 2.05) is 60.0 Å². The van der Waals surface area contributed by atoms with E-state index in [1.54, 1.807) is 6.20 Å². The standard InChI is InChI=1S/C51H31N3OS/c1-2-11-33(12-3-1)44-30-45(54-51(53-44)41-16-5-4-14-37(41)36-13-10-28-52-31-36)34-22-20-32(21-23-34)38-25-26-39(50-49(38)42-17-6-8-18-46(42)55-50)35-24-27-48-43(29-35)40-15-7-9-19-47(40)56-48/h1-31H. The molecule has 0 aliphatic rings. The van der Waals surface area contributed by atoms with Crippen molar-refractivity contribution < 1.29 is 4.42 Å². The molecule has 0 saturated heterocycles. The Morgan fingerprint density at radius 1 is 0.411 bits per heavy atom. The highest BCUT2D eigenvalue weighted by Gasteiger charge is 2.19. The average Bonchev–Trinajstić information content (AvgIpc) is 3.85. The third-order valence-corrected chi connectivity index (χ3v) is 11.8. The van der Waals surface area contributed by atoms with Crippen molar-refractivity contribution in [2.75, 3.05) is 0 Å². The molecule has 0 saturated carbocycles. The second-order valence-electron chi connectivity index (χ2n) is 14.0. The Morgan fingerprint density at radius 2 is 1.05 bits per heavy atom. The zero-order valence-corrected chi connectivity index (χ0v) is 30.9. The number of nitrogens with zero attached hydrogens (tertiary/aromatic N) is 3. The summed E-state index contributed by atoms with van der Waals surface area (Å²) in [6.07, 6.45) is 3.68. The lowest BCUT2D eigenvalue weighted by Gasteiger charge is -2.13. The molecular formula is C51H31N3OS. The number of aromatic nitrogens is 3. The maximum atomic E-state index is 6.71. The molecule has 0 radical (unpaired) electrons. The Bertz CT molecular complexity index is 3240. The first kappa shape index (κ1) is 32.2. The molecule has 0 fully saturated rings. The SMILES string of the molecule is c1ccc(-c2cc(-c3ccc(-c4ccc(-c5ccc6sc7ccccc7c6c5)c5oc6ccccc6c45)cc3)nc(-c3ccccc3-c3cccnc3)n2)cc1. The van der Waals surface area contributed by atoms with Crippen LogP contribution in [0.1, 0.15) is 0 Å². The quantitative estimate of drug-likeness (QED) is 0.171. The number of benzene rings is 7. The van der Waals surface area contributed by atoms with Gasteiger partial charge in [0.15, 0.2) is 5.82 Å². The Morgan fingerprint density at radius 3 is 1.88 bits per heavy atom. The van der Waals surface area contributed by atoms with Crippen LogP contribution >= 0.6 is 11.3 Å². The Hall–Kier alpha value is -7.21. The number of para-hydroxylation sites is 1. The molecule has 262 valence electrons. The molecule has 0 atom stereocenters. The van der Waals surface area contributed by atoms with Crippen molar-refractivity contribution in [3.63, 3.8) is 0 Å². The van der Waals surface area contributed by atoms with E-state index in [4.69, 9.17) is 14.4 Å². The highest BCUT2D eigenvalue weighted by Crippen LogP contribution is 2.44. The van der Waals surface area contributed by atoms with Gasteiger partial charge in [0.1, 0.15) is 11.2 Å². The summed E-state index contributed by atoms with van der Waals surface area (Å²) in [5.41, 5.74) is 13.0. The smallest absolute Gasteiger partial charge is 0.161 e. The number of hydrogen-bond acceptors (Lipinski definition) is 5. The molecule has 4 heterocycles. The summed E-state index contributed by atoms with van der Waals surface area (Å²) in [5, 5.41) is 4.78. The summed E-state index contributed by atoms with van der Waals surface area (Å²) in [6.45, 7) is 0. The van der Waals surface area contributed by atoms with Crippen LogP contribution in [0.2, 0.25) is 0 Å². The summed E-state index contributed by atoms with van der Waals surface area (Å²) in [6, 6.07) is 61.7. The van der Waals surface area contributed by atoms with E-state index in [0.29, 0.717) is 5.82 Å². The van der Waals surface area contributed by atoms with E-state index in [0.717, 1.165) is 83.4 Å². The van der Waals surface area contributed by atoms with Crippen molar-refractivity contribution in [3.8, 4) is 67.3 Å². The number of rotatable bonds is 6. The molecule has 56 heavy (non-hydrogen) atoms. The second kappa shape index (κ2) is 13.3. The summed E-state index contributed by atoms with van der Waals surface area (Å²) in [4.78, 5) is 14.7. The molecule has 4 aromatic heterocycles. The van der Waals surface area contributed by atoms with Gasteiger partial charge in [0, 0.05) is 71.2 Å². The van der Waals surface area contributed by atoms with Gasteiger partial charge in [0.2, 0.25) is 0 Å². The van der Waals surface area contributed by atoms with Gasteiger partial charge in [-0.15, -0.1) is 11.3 Å². The van der Waals surface area contributed by atoms with E-state index in [1.165, 1.54) is 20.2 Å². The van der Waals surface area contributed by atoms with Crippen molar-refractivity contribution in [2.45, 2.75) is 0 Å². The first-order valence-electron chi connectivity index (χ1n) is 18.7. The molecule has 11 aromatic rings. The van der Waals surface area contributed by atoms with E-state index in [2.05, 4.69) is 138 Å². The van der Waals surface area contributed by atoms with Crippen molar-refractivity contribution in [1.82, 2.24) is 15.0 Å². The van der Waals surface area contributed by atoms with Gasteiger partial charge < -0.3 is 4.42 Å². The molecule has 0 bridgehead atoms. The Labute approximate surface area is 327 Å². The Kier molecular flexibility index (Phi) is 7.64. The minimum atomic E-state index is 0.667. The Balaban J connectivity index is 1.04. The van der Waals surface area contributed by atoms with Crippen molar-refractivity contribution in [2.24, 2.45) is 0 Å². The largest absolute Gasteiger partial charge is 0.455 e. The van der Waals surface area contributed by atoms with Crippen LogP contribution in [0.25, 0.3) is 109 Å². The van der Waals surface area contributed by atoms with Crippen LogP contribution in [-0.4, -0.2) is 15.0 Å². The first-order valence-corrected chi connectivity index (χ1v) is 19.5. The van der Waals surface area contributed by atoms with Gasteiger partial charge in [-0.3, -0.25) is 4.98 Å². The topological polar surface area (TPSA) is 51.8 Å². The molecule has 0 aliphatic carbocycles. The number of furan rings is 1. The molecule has 0 amide bonds. The summed E-state index contributed by atoms with van der Waals surface area (Å²) in [7, 11) is 0. The van der Waals surface area contributed by atoms with Gasteiger partial charge in [-0.25, -0.2) is 9.97 Å². The summed E-state index contributed by atoms with van der Waals surface area (Å²) in [5.74, 6) is 0.667. The van der Waals surface area contributed by atoms with Crippen molar-refractivity contribution in [1.29, 1.82) is 0 Å². The first-order chi connectivity index (χ1) is 27.7. The van der Waals surface area contributed by atoms with Gasteiger partial charge in [-0.1, -0.05) is 133 Å². The third kappa shape index (κ3) is 5.48. The molecule has 0 spiro atoms. The molecule has 4 nitrogen and oxygen atoms in total. The molecule has 5 heteroatoms. The molecule has 0 N–H and O–H groups in total. The summed E-state index contributed by atoms with van der Waals surface area (Å²) >= 11 is 1.84. The van der Waals surface area contributed by atoms with Crippen LogP contribution in [0, 0.1) is 0 Å². The maximum Gasteiger partial charge on any atom is 0.161 e. The van der Waals surface area contributed by atoms with Gasteiger partial charge in [0.05, 0.1) is 11.4 Å². The molecule has 11 rings (SSSR count). The van der Waals surface area contributed by atoms with E-state index < -0.39 is 0 Å². The van der Waals surface area contributed by atoms with Crippen LogP contribution < -0.4 is 0 Å². The minimum Gasteiger partial charge on any atom is -0.455 e. The number of fused-ring (bicyclic) bond motifs is 6. The lowest BCUT2D eigenvalue weighted by molar-refractivity contribution is 0.670. The van der Waals surface area contributed by atoms with E-state index in [-0.39, 0.29) is 0 Å². The molecule has 0 unspecified atom stereocenters. The zero-order valence-electron chi connectivity index (χ0n) is 30.1. The van der Waals surface area contributed by atoms with Gasteiger partial charge in [0.25, 0.3) is 0 Å². The highest BCUT2D eigenvalue weighted by molar-refractivity contribution is 7.25. The third-order valence-electron chi connectivity index (χ3n) is 10.6. The second-order valence-corrected chi connectivity index (χ2v) is 15.0. The van der Waals surface area contributed by atoms with Crippen molar-refractivity contribution in [3.05, 3.63) is 188 Å². The predicted octanol–water partition coefficient (Wildman–Crippen LogP) is 14.1. The van der Waals surface area contributed by atoms with Crippen LogP contribution in [0.4, 0.5) is 0 Å². The van der Waals surface area contributed by atoms with Crippen molar-refractivity contribution >= 4 is 53.4 Å². The lowest BCUT2D eigenvalue weighted by atomic mass is 9.93. The molecular weight excluding hydrogens is 703 g/mol. The highest BCUT2D eigenvalue weighted by atomic mass is 32.1. The van der Waals surface area contributed by atoms with Gasteiger partial charge in [-0.2, -0.15) is 0 Å². The van der Waals surface area contributed by atoms with Crippen LogP contribution in [0.5, 0.6) is 0 Å². The monoisotopic (exact) mass is 733 g/mol. The number of pyridine rings is 1. The fraction of sp³-hybridized carbons (Fsp3) is 0. The average molecular weight is 734 g/mol. The maximum absolute atomic E-state index is 6.71.